The molecule has 1 nitrogen and oxygen atoms in total. The average Bonchev–Trinajstić information content (AvgIpc) is 2.76. The van der Waals surface area contributed by atoms with Gasteiger partial charge in [0.05, 0.1) is 0 Å². The number of benzene rings is 4. The molecule has 2 heteroatoms. The van der Waals surface area contributed by atoms with E-state index in [9.17, 15) is 0 Å². The first kappa shape index (κ1) is 18.4. The fourth-order valence-electron chi connectivity index (χ4n) is 3.21. The molecule has 0 N–H and O–H groups in total. The van der Waals surface area contributed by atoms with Gasteiger partial charge in [-0.15, -0.1) is 0 Å². The second kappa shape index (κ2) is 8.80. The van der Waals surface area contributed by atoms with E-state index in [1.54, 1.807) is 0 Å². The fourth-order valence-corrected chi connectivity index (χ4v) is 3.21. The van der Waals surface area contributed by atoms with Crippen LogP contribution in [-0.4, -0.2) is 17.7 Å². The van der Waals surface area contributed by atoms with Gasteiger partial charge in [-0.3, -0.25) is 0 Å². The first-order valence-electron chi connectivity index (χ1n) is 9.55. The van der Waals surface area contributed by atoms with Crippen LogP contribution in [0.4, 0.5) is 17.1 Å². The van der Waals surface area contributed by atoms with Crippen LogP contribution in [0.5, 0.6) is 0 Å². The second-order valence-corrected chi connectivity index (χ2v) is 6.84. The Labute approximate surface area is 176 Å². The molecular weight excluding hydrogens is 333 g/mol. The summed E-state index contributed by atoms with van der Waals surface area (Å²) < 4.78 is 1.28. The summed E-state index contributed by atoms with van der Waals surface area (Å²) in [5.74, 6) is 0. The van der Waals surface area contributed by atoms with Gasteiger partial charge in [-0.05, 0) is 24.3 Å². The SMILES string of the molecule is [Li][c]1ccc(C=Cc2ccc(N(c3ccccc3)c3ccccc3)cc2)cc1. The van der Waals surface area contributed by atoms with E-state index in [0.717, 1.165) is 17.1 Å². The molecule has 0 spiro atoms. The third-order valence-electron chi connectivity index (χ3n) is 4.73. The Morgan fingerprint density at radius 1 is 0.464 bits per heavy atom. The van der Waals surface area contributed by atoms with Crippen molar-refractivity contribution in [1.82, 2.24) is 0 Å². The summed E-state index contributed by atoms with van der Waals surface area (Å²) in [5, 5.41) is 0. The predicted octanol–water partition coefficient (Wildman–Crippen LogP) is 6.12. The van der Waals surface area contributed by atoms with Gasteiger partial charge in [0, 0.05) is 0 Å². The van der Waals surface area contributed by atoms with Crippen molar-refractivity contribution in [2.45, 2.75) is 0 Å². The van der Waals surface area contributed by atoms with Gasteiger partial charge in [0.2, 0.25) is 0 Å². The molecule has 0 aliphatic heterocycles. The van der Waals surface area contributed by atoms with Crippen molar-refractivity contribution in [1.29, 1.82) is 0 Å². The molecule has 0 aliphatic carbocycles. The van der Waals surface area contributed by atoms with Crippen molar-refractivity contribution >= 4 is 51.2 Å². The minimum absolute atomic E-state index is 1.14. The molecule has 0 amide bonds. The predicted molar refractivity (Wildman–Crippen MR) is 122 cm³/mol. The van der Waals surface area contributed by atoms with Gasteiger partial charge < -0.3 is 0 Å². The number of para-hydroxylation sites is 2. The number of hydrogen-bond acceptors (Lipinski definition) is 1. The van der Waals surface area contributed by atoms with Gasteiger partial charge in [-0.25, -0.2) is 0 Å². The summed E-state index contributed by atoms with van der Waals surface area (Å²) in [6, 6.07) is 38.2. The number of hydrogen-bond donors (Lipinski definition) is 0. The van der Waals surface area contributed by atoms with E-state index in [1.165, 1.54) is 15.4 Å². The zero-order valence-electron chi connectivity index (χ0n) is 16.0. The van der Waals surface area contributed by atoms with Gasteiger partial charge >= 0.3 is 116 Å². The second-order valence-electron chi connectivity index (χ2n) is 6.84. The van der Waals surface area contributed by atoms with Crippen LogP contribution in [0.1, 0.15) is 11.1 Å². The van der Waals surface area contributed by atoms with Crippen LogP contribution in [0.3, 0.4) is 0 Å². The molecule has 0 heterocycles. The van der Waals surface area contributed by atoms with Crippen molar-refractivity contribution in [2.24, 2.45) is 0 Å². The Balaban J connectivity index is 1.62. The summed E-state index contributed by atoms with van der Waals surface area (Å²) in [5.41, 5.74) is 5.84. The topological polar surface area (TPSA) is 3.24 Å². The molecule has 130 valence electrons. The summed E-state index contributed by atoms with van der Waals surface area (Å²) in [6.45, 7) is 0. The monoisotopic (exact) mass is 353 g/mol. The molecule has 0 aromatic heterocycles. The molecule has 0 saturated heterocycles. The Morgan fingerprint density at radius 3 is 1.32 bits per heavy atom. The zero-order chi connectivity index (χ0) is 19.2. The van der Waals surface area contributed by atoms with Crippen molar-refractivity contribution in [3.05, 3.63) is 120 Å². The molecule has 28 heavy (non-hydrogen) atoms. The van der Waals surface area contributed by atoms with Crippen molar-refractivity contribution in [3.8, 4) is 0 Å². The molecule has 0 unspecified atom stereocenters. The van der Waals surface area contributed by atoms with E-state index in [1.807, 2.05) is 12.1 Å². The van der Waals surface area contributed by atoms with E-state index in [4.69, 9.17) is 0 Å². The summed E-state index contributed by atoms with van der Waals surface area (Å²) in [4.78, 5) is 2.27. The quantitative estimate of drug-likeness (QED) is 0.309. The van der Waals surface area contributed by atoms with Crippen LogP contribution in [0.15, 0.2) is 109 Å². The van der Waals surface area contributed by atoms with Gasteiger partial charge in [-0.1, -0.05) is 36.4 Å². The third kappa shape index (κ3) is 4.46. The molecule has 4 aromatic rings. The Bertz CT molecular complexity index is 998. The molecule has 0 radical (unpaired) electrons. The zero-order valence-corrected chi connectivity index (χ0v) is 16.0. The number of rotatable bonds is 5. The van der Waals surface area contributed by atoms with Gasteiger partial charge in [0.1, 0.15) is 0 Å². The first-order valence-corrected chi connectivity index (χ1v) is 9.55. The minimum atomic E-state index is 1.14. The Morgan fingerprint density at radius 2 is 0.857 bits per heavy atom. The van der Waals surface area contributed by atoms with Gasteiger partial charge in [0.25, 0.3) is 0 Å². The molecule has 0 saturated carbocycles. The van der Waals surface area contributed by atoms with E-state index in [-0.39, 0.29) is 0 Å². The van der Waals surface area contributed by atoms with Crippen molar-refractivity contribution in [3.63, 3.8) is 0 Å². The summed E-state index contributed by atoms with van der Waals surface area (Å²) in [6.07, 6.45) is 4.31. The van der Waals surface area contributed by atoms with Crippen LogP contribution in [0.25, 0.3) is 12.2 Å². The molecule has 0 aliphatic rings. The first-order chi connectivity index (χ1) is 13.8. The molecule has 0 bridgehead atoms. The van der Waals surface area contributed by atoms with Crippen LogP contribution >= 0.6 is 0 Å². The normalized spacial score (nSPS) is 10.9. The van der Waals surface area contributed by atoms with Crippen LogP contribution in [0.2, 0.25) is 0 Å². The molecule has 4 aromatic carbocycles. The van der Waals surface area contributed by atoms with Crippen molar-refractivity contribution in [2.75, 3.05) is 4.90 Å². The third-order valence-corrected chi connectivity index (χ3v) is 4.73. The maximum absolute atomic E-state index is 2.27. The van der Waals surface area contributed by atoms with Gasteiger partial charge in [-0.2, -0.15) is 0 Å². The molecular formula is C26H20LiN. The van der Waals surface area contributed by atoms with Gasteiger partial charge in [0.15, 0.2) is 0 Å². The van der Waals surface area contributed by atoms with E-state index >= 15 is 0 Å². The average molecular weight is 353 g/mol. The Kier molecular flexibility index (Phi) is 5.78. The molecule has 0 atom stereocenters. The van der Waals surface area contributed by atoms with Crippen LogP contribution < -0.4 is 9.14 Å². The number of nitrogens with zero attached hydrogens (tertiary/aromatic N) is 1. The van der Waals surface area contributed by atoms with Crippen molar-refractivity contribution < 1.29 is 0 Å². The van der Waals surface area contributed by atoms with E-state index in [0.29, 0.717) is 0 Å². The number of anilines is 3. The van der Waals surface area contributed by atoms with Crippen LogP contribution in [-0.2, 0) is 0 Å². The van der Waals surface area contributed by atoms with E-state index in [2.05, 4.69) is 132 Å². The summed E-state index contributed by atoms with van der Waals surface area (Å²) in [7, 11) is 0. The van der Waals surface area contributed by atoms with E-state index < -0.39 is 0 Å². The molecule has 4 rings (SSSR count). The standard InChI is InChI=1S/C26H20N.Li/c1-4-10-22(11-5-1)16-17-23-18-20-26(21-19-23)27(24-12-6-2-7-13-24)25-14-8-3-9-15-25;/h2-21H;. The van der Waals surface area contributed by atoms with Crippen LogP contribution in [0, 0.1) is 0 Å². The fraction of sp³-hybridized carbons (Fsp3) is 0. The maximum atomic E-state index is 2.27. The Hall–Kier alpha value is -2.98. The summed E-state index contributed by atoms with van der Waals surface area (Å²) >= 11 is 2.11. The molecule has 0 fully saturated rings.